The number of hydrogen-bond donors (Lipinski definition) is 1. The molecular formula is C13H13N3O2. The molecule has 0 aliphatic heterocycles. The lowest BCUT2D eigenvalue weighted by Gasteiger charge is -2.06. The number of aromatic nitrogens is 2. The summed E-state index contributed by atoms with van der Waals surface area (Å²) in [5, 5.41) is 9.20. The molecule has 2 heterocycles. The summed E-state index contributed by atoms with van der Waals surface area (Å²) < 4.78 is 1.54. The highest BCUT2D eigenvalue weighted by Gasteiger charge is 2.12. The van der Waals surface area contributed by atoms with E-state index in [0.717, 1.165) is 11.3 Å². The predicted octanol–water partition coefficient (Wildman–Crippen LogP) is 2.48. The van der Waals surface area contributed by atoms with Crippen molar-refractivity contribution in [1.82, 2.24) is 9.38 Å². The van der Waals surface area contributed by atoms with Crippen molar-refractivity contribution < 1.29 is 9.90 Å². The summed E-state index contributed by atoms with van der Waals surface area (Å²) in [6.07, 6.45) is 6.71. The number of carboxylic acids is 1. The Kier molecular flexibility index (Phi) is 3.23. The van der Waals surface area contributed by atoms with Crippen molar-refractivity contribution in [1.29, 1.82) is 0 Å². The number of pyridine rings is 1. The standard InChI is InChI=1S/C13H13N3O2/c1-3-10(14-4-2)9-7-11(13(17)18)16-6-5-15-12(16)8-9/h3-8H,1-2H3,(H,17,18)/b10-3-,14-4?. The Bertz CT molecular complexity index is 653. The molecule has 5 nitrogen and oxygen atoms in total. The third-order valence-corrected chi connectivity index (χ3v) is 2.56. The Morgan fingerprint density at radius 1 is 1.44 bits per heavy atom. The van der Waals surface area contributed by atoms with E-state index in [1.165, 1.54) is 4.40 Å². The first-order valence-electron chi connectivity index (χ1n) is 5.53. The maximum atomic E-state index is 11.2. The highest BCUT2D eigenvalue weighted by atomic mass is 16.4. The van der Waals surface area contributed by atoms with E-state index in [1.807, 2.05) is 26.0 Å². The van der Waals surface area contributed by atoms with E-state index in [1.54, 1.807) is 24.7 Å². The summed E-state index contributed by atoms with van der Waals surface area (Å²) in [6.45, 7) is 3.67. The SMILES string of the molecule is CC=N/C(=C\C)c1cc(C(=O)O)n2ccnc2c1. The lowest BCUT2D eigenvalue weighted by Crippen LogP contribution is -2.05. The van der Waals surface area contributed by atoms with E-state index in [9.17, 15) is 9.90 Å². The predicted molar refractivity (Wildman–Crippen MR) is 70.0 cm³/mol. The Morgan fingerprint density at radius 3 is 2.83 bits per heavy atom. The normalized spacial score (nSPS) is 12.4. The molecule has 0 unspecified atom stereocenters. The molecule has 0 aliphatic carbocycles. The molecule has 0 atom stereocenters. The highest BCUT2D eigenvalue weighted by molar-refractivity contribution is 5.88. The van der Waals surface area contributed by atoms with Crippen LogP contribution in [0, 0.1) is 0 Å². The lowest BCUT2D eigenvalue weighted by molar-refractivity contribution is 0.0689. The van der Waals surface area contributed by atoms with Crippen LogP contribution < -0.4 is 0 Å². The van der Waals surface area contributed by atoms with Crippen molar-refractivity contribution in [3.63, 3.8) is 0 Å². The first kappa shape index (κ1) is 12.0. The van der Waals surface area contributed by atoms with E-state index < -0.39 is 5.97 Å². The van der Waals surface area contributed by atoms with Gasteiger partial charge >= 0.3 is 5.97 Å². The largest absolute Gasteiger partial charge is 0.477 e. The average Bonchev–Trinajstić information content (AvgIpc) is 2.82. The number of aliphatic imine (C=N–C) groups is 1. The number of fused-ring (bicyclic) bond motifs is 1. The number of nitrogens with zero attached hydrogens (tertiary/aromatic N) is 3. The quantitative estimate of drug-likeness (QED) is 0.842. The number of carbonyl (C=O) groups is 1. The van der Waals surface area contributed by atoms with Crippen LogP contribution in [-0.4, -0.2) is 26.7 Å². The van der Waals surface area contributed by atoms with Crippen LogP contribution in [0.4, 0.5) is 0 Å². The fourth-order valence-electron chi connectivity index (χ4n) is 1.79. The molecule has 0 spiro atoms. The van der Waals surface area contributed by atoms with Gasteiger partial charge in [0.25, 0.3) is 0 Å². The number of imidazole rings is 1. The van der Waals surface area contributed by atoms with Crippen LogP contribution in [-0.2, 0) is 0 Å². The summed E-state index contributed by atoms with van der Waals surface area (Å²) in [6, 6.07) is 3.41. The number of aromatic carboxylic acids is 1. The van der Waals surface area contributed by atoms with Crippen LogP contribution in [0.1, 0.15) is 29.9 Å². The minimum absolute atomic E-state index is 0.172. The van der Waals surface area contributed by atoms with Crippen LogP contribution in [0.25, 0.3) is 11.3 Å². The molecule has 0 amide bonds. The molecule has 2 aromatic rings. The zero-order chi connectivity index (χ0) is 13.1. The van der Waals surface area contributed by atoms with Crippen LogP contribution >= 0.6 is 0 Å². The van der Waals surface area contributed by atoms with E-state index in [0.29, 0.717) is 5.65 Å². The minimum Gasteiger partial charge on any atom is -0.477 e. The van der Waals surface area contributed by atoms with Crippen molar-refractivity contribution >= 4 is 23.5 Å². The molecule has 2 aromatic heterocycles. The number of rotatable bonds is 3. The molecule has 0 aliphatic rings. The van der Waals surface area contributed by atoms with Gasteiger partial charge in [-0.2, -0.15) is 0 Å². The average molecular weight is 243 g/mol. The molecule has 5 heteroatoms. The molecule has 92 valence electrons. The maximum absolute atomic E-state index is 11.2. The molecule has 0 aromatic carbocycles. The van der Waals surface area contributed by atoms with Crippen LogP contribution in [0.5, 0.6) is 0 Å². The minimum atomic E-state index is -0.990. The van der Waals surface area contributed by atoms with Crippen LogP contribution in [0.2, 0.25) is 0 Å². The first-order chi connectivity index (χ1) is 8.67. The highest BCUT2D eigenvalue weighted by Crippen LogP contribution is 2.19. The van der Waals surface area contributed by atoms with E-state index in [2.05, 4.69) is 9.98 Å². The Labute approximate surface area is 104 Å². The lowest BCUT2D eigenvalue weighted by atomic mass is 10.1. The second-order valence-electron chi connectivity index (χ2n) is 3.65. The van der Waals surface area contributed by atoms with Crippen LogP contribution in [0.15, 0.2) is 35.6 Å². The van der Waals surface area contributed by atoms with E-state index in [4.69, 9.17) is 0 Å². The molecular weight excluding hydrogens is 230 g/mol. The number of allylic oxidation sites excluding steroid dienone is 1. The first-order valence-corrected chi connectivity index (χ1v) is 5.53. The van der Waals surface area contributed by atoms with Gasteiger partial charge in [0.1, 0.15) is 11.3 Å². The Balaban J connectivity index is 2.70. The molecule has 0 radical (unpaired) electrons. The van der Waals surface area contributed by atoms with Crippen molar-refractivity contribution in [2.75, 3.05) is 0 Å². The van der Waals surface area contributed by atoms with Gasteiger partial charge in [-0.15, -0.1) is 0 Å². The fourth-order valence-corrected chi connectivity index (χ4v) is 1.79. The topological polar surface area (TPSA) is 67.0 Å². The summed E-state index contributed by atoms with van der Waals surface area (Å²) in [5.41, 5.74) is 2.23. The molecule has 0 fully saturated rings. The van der Waals surface area contributed by atoms with Gasteiger partial charge in [-0.1, -0.05) is 6.08 Å². The van der Waals surface area contributed by atoms with Crippen molar-refractivity contribution in [3.05, 3.63) is 41.9 Å². The fraction of sp³-hybridized carbons (Fsp3) is 0.154. The van der Waals surface area contributed by atoms with Gasteiger partial charge in [0.15, 0.2) is 0 Å². The summed E-state index contributed by atoms with van der Waals surface area (Å²) >= 11 is 0. The van der Waals surface area contributed by atoms with Gasteiger partial charge in [-0.3, -0.25) is 9.39 Å². The molecule has 0 saturated heterocycles. The monoisotopic (exact) mass is 243 g/mol. The van der Waals surface area contributed by atoms with Gasteiger partial charge in [-0.25, -0.2) is 9.78 Å². The van der Waals surface area contributed by atoms with Gasteiger partial charge in [0, 0.05) is 24.2 Å². The zero-order valence-electron chi connectivity index (χ0n) is 10.2. The zero-order valence-corrected chi connectivity index (χ0v) is 10.2. The van der Waals surface area contributed by atoms with Gasteiger partial charge in [-0.05, 0) is 26.0 Å². The van der Waals surface area contributed by atoms with Gasteiger partial charge in [0.05, 0.1) is 5.70 Å². The second kappa shape index (κ2) is 4.83. The summed E-state index contributed by atoms with van der Waals surface area (Å²) in [7, 11) is 0. The number of hydrogen-bond acceptors (Lipinski definition) is 3. The third kappa shape index (κ3) is 2.02. The smallest absolute Gasteiger partial charge is 0.352 e. The third-order valence-electron chi connectivity index (χ3n) is 2.56. The molecule has 2 rings (SSSR count). The van der Waals surface area contributed by atoms with Crippen molar-refractivity contribution in [2.24, 2.45) is 4.99 Å². The number of carboxylic acid groups (broad SMARTS) is 1. The Morgan fingerprint density at radius 2 is 2.22 bits per heavy atom. The second-order valence-corrected chi connectivity index (χ2v) is 3.65. The molecule has 0 bridgehead atoms. The van der Waals surface area contributed by atoms with E-state index in [-0.39, 0.29) is 5.69 Å². The molecule has 0 saturated carbocycles. The summed E-state index contributed by atoms with van der Waals surface area (Å²) in [5.74, 6) is -0.990. The van der Waals surface area contributed by atoms with Crippen molar-refractivity contribution in [2.45, 2.75) is 13.8 Å². The van der Waals surface area contributed by atoms with Gasteiger partial charge < -0.3 is 5.11 Å². The van der Waals surface area contributed by atoms with E-state index >= 15 is 0 Å². The maximum Gasteiger partial charge on any atom is 0.352 e. The molecule has 1 N–H and O–H groups in total. The van der Waals surface area contributed by atoms with Gasteiger partial charge in [0.2, 0.25) is 0 Å². The van der Waals surface area contributed by atoms with Crippen LogP contribution in [0.3, 0.4) is 0 Å². The Hall–Kier alpha value is -2.43. The summed E-state index contributed by atoms with van der Waals surface area (Å²) in [4.78, 5) is 19.6. The molecule has 18 heavy (non-hydrogen) atoms. The van der Waals surface area contributed by atoms with Crippen molar-refractivity contribution in [3.8, 4) is 0 Å².